The van der Waals surface area contributed by atoms with Crippen LogP contribution in [-0.2, 0) is 4.79 Å². The molecule has 0 aliphatic carbocycles. The summed E-state index contributed by atoms with van der Waals surface area (Å²) in [5.74, 6) is 0.558. The van der Waals surface area contributed by atoms with Crippen LogP contribution in [0.3, 0.4) is 0 Å². The fraction of sp³-hybridized carbons (Fsp3) is 0.857. The second kappa shape index (κ2) is 5.23. The predicted octanol–water partition coefficient (Wildman–Crippen LogP) is 0.351. The first-order valence-corrected chi connectivity index (χ1v) is 3.44. The smallest absolute Gasteiger partial charge is 0.313 e. The van der Waals surface area contributed by atoms with Gasteiger partial charge >= 0.3 is 6.41 Å². The van der Waals surface area contributed by atoms with Crippen molar-refractivity contribution in [1.29, 1.82) is 0 Å². The molecule has 1 amide bonds. The zero-order chi connectivity index (χ0) is 7.98. The van der Waals surface area contributed by atoms with Crippen molar-refractivity contribution in [3.63, 3.8) is 0 Å². The minimum absolute atomic E-state index is 0.226. The van der Waals surface area contributed by atoms with E-state index in [1.807, 2.05) is 0 Å². The molecule has 0 aliphatic heterocycles. The molecule has 10 heavy (non-hydrogen) atoms. The van der Waals surface area contributed by atoms with Crippen LogP contribution in [0.5, 0.6) is 0 Å². The molecule has 0 saturated carbocycles. The highest BCUT2D eigenvalue weighted by molar-refractivity contribution is 5.47. The summed E-state index contributed by atoms with van der Waals surface area (Å²) in [5, 5.41) is 8.50. The summed E-state index contributed by atoms with van der Waals surface area (Å²) in [5.41, 5.74) is 0. The molecular formula is C7H14NO2. The van der Waals surface area contributed by atoms with Crippen molar-refractivity contribution < 1.29 is 9.90 Å². The molecule has 0 spiro atoms. The van der Waals surface area contributed by atoms with E-state index in [4.69, 9.17) is 5.11 Å². The van der Waals surface area contributed by atoms with Gasteiger partial charge in [0.05, 0.1) is 0 Å². The van der Waals surface area contributed by atoms with Gasteiger partial charge in [-0.05, 0) is 12.3 Å². The van der Waals surface area contributed by atoms with Crippen LogP contribution in [0.25, 0.3) is 0 Å². The molecule has 0 fully saturated rings. The third-order valence-corrected chi connectivity index (χ3v) is 1.28. The summed E-state index contributed by atoms with van der Waals surface area (Å²) in [6, 6.07) is 0. The predicted molar refractivity (Wildman–Crippen MR) is 38.9 cm³/mol. The number of nitrogens with zero attached hydrogens (tertiary/aromatic N) is 1. The average Bonchev–Trinajstić information content (AvgIpc) is 1.90. The van der Waals surface area contributed by atoms with Gasteiger partial charge in [0.25, 0.3) is 0 Å². The first-order valence-electron chi connectivity index (χ1n) is 3.44. The Labute approximate surface area is 61.6 Å². The second-order valence-electron chi connectivity index (χ2n) is 2.68. The highest BCUT2D eigenvalue weighted by atomic mass is 16.3. The van der Waals surface area contributed by atoms with Crippen LogP contribution in [-0.4, -0.2) is 29.7 Å². The maximum atomic E-state index is 9.99. The SMILES string of the molecule is CC(C)CCN([C]=O)CO. The Morgan fingerprint density at radius 2 is 2.20 bits per heavy atom. The van der Waals surface area contributed by atoms with Gasteiger partial charge in [0, 0.05) is 6.54 Å². The van der Waals surface area contributed by atoms with Crippen molar-refractivity contribution in [2.75, 3.05) is 13.3 Å². The van der Waals surface area contributed by atoms with Gasteiger partial charge in [0.15, 0.2) is 0 Å². The zero-order valence-electron chi connectivity index (χ0n) is 6.50. The highest BCUT2D eigenvalue weighted by Crippen LogP contribution is 1.99. The van der Waals surface area contributed by atoms with Crippen molar-refractivity contribution >= 4 is 6.41 Å². The molecule has 0 saturated heterocycles. The van der Waals surface area contributed by atoms with E-state index < -0.39 is 0 Å². The van der Waals surface area contributed by atoms with E-state index in [-0.39, 0.29) is 6.73 Å². The number of amides is 1. The van der Waals surface area contributed by atoms with Crippen LogP contribution in [0.4, 0.5) is 0 Å². The highest BCUT2D eigenvalue weighted by Gasteiger charge is 2.00. The van der Waals surface area contributed by atoms with Crippen molar-refractivity contribution in [3.8, 4) is 0 Å². The molecule has 3 heteroatoms. The first kappa shape index (κ1) is 9.43. The van der Waals surface area contributed by atoms with Gasteiger partial charge in [0.2, 0.25) is 0 Å². The van der Waals surface area contributed by atoms with Crippen molar-refractivity contribution in [1.82, 2.24) is 4.90 Å². The average molecular weight is 144 g/mol. The van der Waals surface area contributed by atoms with E-state index >= 15 is 0 Å². The standard InChI is InChI=1S/C7H14NO2/c1-7(2)3-4-8(5-9)6-10/h7,9H,3-5H2,1-2H3. The lowest BCUT2D eigenvalue weighted by Gasteiger charge is -2.13. The van der Waals surface area contributed by atoms with Crippen LogP contribution >= 0.6 is 0 Å². The molecule has 0 aromatic heterocycles. The molecular weight excluding hydrogens is 130 g/mol. The normalized spacial score (nSPS) is 10.0. The van der Waals surface area contributed by atoms with E-state index in [1.54, 1.807) is 6.41 Å². The van der Waals surface area contributed by atoms with E-state index in [1.165, 1.54) is 4.90 Å². The van der Waals surface area contributed by atoms with Crippen LogP contribution < -0.4 is 0 Å². The molecule has 1 N–H and O–H groups in total. The van der Waals surface area contributed by atoms with Gasteiger partial charge in [0.1, 0.15) is 6.73 Å². The maximum absolute atomic E-state index is 9.99. The molecule has 0 unspecified atom stereocenters. The van der Waals surface area contributed by atoms with Gasteiger partial charge in [-0.25, -0.2) is 0 Å². The third kappa shape index (κ3) is 4.32. The summed E-state index contributed by atoms with van der Waals surface area (Å²) in [4.78, 5) is 11.2. The quantitative estimate of drug-likeness (QED) is 0.447. The minimum atomic E-state index is -0.226. The molecule has 1 radical (unpaired) electrons. The van der Waals surface area contributed by atoms with Gasteiger partial charge in [-0.3, -0.25) is 4.79 Å². The van der Waals surface area contributed by atoms with E-state index in [2.05, 4.69) is 13.8 Å². The molecule has 0 aliphatic rings. The summed E-state index contributed by atoms with van der Waals surface area (Å²) < 4.78 is 0. The number of aliphatic hydroxyl groups is 1. The largest absolute Gasteiger partial charge is 0.376 e. The Morgan fingerprint density at radius 1 is 1.60 bits per heavy atom. The molecule has 0 aromatic carbocycles. The molecule has 0 aromatic rings. The van der Waals surface area contributed by atoms with E-state index in [0.29, 0.717) is 12.5 Å². The molecule has 59 valence electrons. The Morgan fingerprint density at radius 3 is 2.50 bits per heavy atom. The Kier molecular flexibility index (Phi) is 4.94. The number of hydrogen-bond donors (Lipinski definition) is 1. The van der Waals surface area contributed by atoms with Crippen LogP contribution in [0, 0.1) is 5.92 Å². The fourth-order valence-corrected chi connectivity index (χ4v) is 0.559. The molecule has 0 rings (SSSR count). The van der Waals surface area contributed by atoms with Gasteiger partial charge in [-0.2, -0.15) is 0 Å². The molecule has 0 heterocycles. The number of rotatable bonds is 5. The Balaban J connectivity index is 3.34. The number of aliphatic hydroxyl groups excluding tert-OH is 1. The fourth-order valence-electron chi connectivity index (χ4n) is 0.559. The van der Waals surface area contributed by atoms with Gasteiger partial charge in [-0.1, -0.05) is 13.8 Å². The second-order valence-corrected chi connectivity index (χ2v) is 2.68. The first-order chi connectivity index (χ1) is 4.70. The topological polar surface area (TPSA) is 40.5 Å². The lowest BCUT2D eigenvalue weighted by atomic mass is 10.1. The molecule has 0 bridgehead atoms. The van der Waals surface area contributed by atoms with E-state index in [0.717, 1.165) is 6.42 Å². The maximum Gasteiger partial charge on any atom is 0.313 e. The third-order valence-electron chi connectivity index (χ3n) is 1.28. The van der Waals surface area contributed by atoms with Gasteiger partial charge in [-0.15, -0.1) is 0 Å². The molecule has 0 atom stereocenters. The summed E-state index contributed by atoms with van der Waals surface area (Å²) >= 11 is 0. The lowest BCUT2D eigenvalue weighted by molar-refractivity contribution is 0.160. The van der Waals surface area contributed by atoms with Crippen molar-refractivity contribution in [2.45, 2.75) is 20.3 Å². The zero-order valence-corrected chi connectivity index (χ0v) is 6.50. The van der Waals surface area contributed by atoms with E-state index in [9.17, 15) is 4.79 Å². The van der Waals surface area contributed by atoms with Crippen LogP contribution in [0.1, 0.15) is 20.3 Å². The summed E-state index contributed by atoms with van der Waals surface area (Å²) in [6.45, 7) is 4.51. The monoisotopic (exact) mass is 144 g/mol. The Hall–Kier alpha value is -0.570. The van der Waals surface area contributed by atoms with Crippen molar-refractivity contribution in [3.05, 3.63) is 0 Å². The lowest BCUT2D eigenvalue weighted by Crippen LogP contribution is -2.24. The molecule has 3 nitrogen and oxygen atoms in total. The van der Waals surface area contributed by atoms with Crippen LogP contribution in [0.15, 0.2) is 0 Å². The van der Waals surface area contributed by atoms with Crippen molar-refractivity contribution in [2.24, 2.45) is 5.92 Å². The number of hydrogen-bond acceptors (Lipinski definition) is 2. The Bertz CT molecular complexity index is 93.6. The summed E-state index contributed by atoms with van der Waals surface area (Å²) in [6.07, 6.45) is 2.55. The van der Waals surface area contributed by atoms with Crippen LogP contribution in [0.2, 0.25) is 0 Å². The number of carbonyl (C=O) groups excluding carboxylic acids is 1. The van der Waals surface area contributed by atoms with Gasteiger partial charge < -0.3 is 10.0 Å². The minimum Gasteiger partial charge on any atom is -0.376 e. The summed E-state index contributed by atoms with van der Waals surface area (Å²) in [7, 11) is 0.